The van der Waals surface area contributed by atoms with Gasteiger partial charge in [-0.1, -0.05) is 19.9 Å². The predicted molar refractivity (Wildman–Crippen MR) is 89.9 cm³/mol. The van der Waals surface area contributed by atoms with Crippen LogP contribution in [0.1, 0.15) is 43.6 Å². The first kappa shape index (κ1) is 14.8. The molecule has 1 saturated carbocycles. The quantitative estimate of drug-likeness (QED) is 0.855. The van der Waals surface area contributed by atoms with Crippen molar-refractivity contribution < 1.29 is 0 Å². The maximum absolute atomic E-state index is 4.72. The average Bonchev–Trinajstić information content (AvgIpc) is 3.23. The Balaban J connectivity index is 1.85. The van der Waals surface area contributed by atoms with Crippen LogP contribution >= 0.6 is 15.9 Å². The van der Waals surface area contributed by atoms with Gasteiger partial charge in [0.05, 0.1) is 11.4 Å². The van der Waals surface area contributed by atoms with Crippen molar-refractivity contribution in [3.05, 3.63) is 45.7 Å². The largest absolute Gasteiger partial charge is 0.310 e. The molecule has 3 nitrogen and oxygen atoms in total. The van der Waals surface area contributed by atoms with Gasteiger partial charge in [0.1, 0.15) is 0 Å². The summed E-state index contributed by atoms with van der Waals surface area (Å²) in [5, 5.41) is 8.27. The normalized spacial score (nSPS) is 14.6. The molecule has 0 radical (unpaired) electrons. The molecule has 0 atom stereocenters. The number of halogens is 1. The maximum Gasteiger partial charge on any atom is 0.0791 e. The van der Waals surface area contributed by atoms with Gasteiger partial charge in [0.25, 0.3) is 0 Å². The first-order chi connectivity index (χ1) is 10.2. The van der Waals surface area contributed by atoms with Crippen LogP contribution in [-0.2, 0) is 19.4 Å². The van der Waals surface area contributed by atoms with Crippen molar-refractivity contribution in [2.45, 2.75) is 52.1 Å². The first-order valence-corrected chi connectivity index (χ1v) is 8.60. The van der Waals surface area contributed by atoms with Gasteiger partial charge in [0.2, 0.25) is 0 Å². The number of rotatable bonds is 6. The number of aromatic nitrogens is 2. The third-order valence-corrected chi connectivity index (χ3v) is 4.61. The van der Waals surface area contributed by atoms with Crippen molar-refractivity contribution in [3.63, 3.8) is 0 Å². The number of benzene rings is 1. The molecule has 0 bridgehead atoms. The third-order valence-electron chi connectivity index (χ3n) is 3.97. The van der Waals surface area contributed by atoms with Gasteiger partial charge in [-0.25, -0.2) is 4.68 Å². The van der Waals surface area contributed by atoms with E-state index in [0.717, 1.165) is 41.3 Å². The second-order valence-electron chi connectivity index (χ2n) is 5.69. The topological polar surface area (TPSA) is 29.9 Å². The molecule has 1 aromatic carbocycles. The van der Waals surface area contributed by atoms with E-state index in [2.05, 4.69) is 64.0 Å². The number of nitrogens with zero attached hydrogens (tertiary/aromatic N) is 2. The minimum absolute atomic E-state index is 0.744. The van der Waals surface area contributed by atoms with E-state index in [4.69, 9.17) is 5.10 Å². The van der Waals surface area contributed by atoms with E-state index in [1.165, 1.54) is 24.1 Å². The van der Waals surface area contributed by atoms with E-state index in [1.807, 2.05) is 0 Å². The second kappa shape index (κ2) is 6.32. The molecule has 1 aliphatic rings. The molecule has 21 heavy (non-hydrogen) atoms. The highest BCUT2D eigenvalue weighted by Crippen LogP contribution is 2.25. The molecule has 4 heteroatoms. The molecule has 0 spiro atoms. The van der Waals surface area contributed by atoms with Gasteiger partial charge >= 0.3 is 0 Å². The van der Waals surface area contributed by atoms with E-state index in [1.54, 1.807) is 0 Å². The van der Waals surface area contributed by atoms with Crippen LogP contribution in [0.4, 0.5) is 0 Å². The smallest absolute Gasteiger partial charge is 0.0791 e. The zero-order valence-corrected chi connectivity index (χ0v) is 14.3. The molecule has 1 aliphatic carbocycles. The number of nitrogens with one attached hydrogen (secondary N) is 1. The van der Waals surface area contributed by atoms with Gasteiger partial charge in [-0.05, 0) is 65.4 Å². The highest BCUT2D eigenvalue weighted by molar-refractivity contribution is 9.10. The average molecular weight is 348 g/mol. The Morgan fingerprint density at radius 2 is 2.05 bits per heavy atom. The van der Waals surface area contributed by atoms with Gasteiger partial charge in [-0.15, -0.1) is 0 Å². The molecule has 0 amide bonds. The Morgan fingerprint density at radius 1 is 1.24 bits per heavy atom. The lowest BCUT2D eigenvalue weighted by Gasteiger charge is -2.11. The van der Waals surface area contributed by atoms with Crippen molar-refractivity contribution in [2.24, 2.45) is 0 Å². The second-order valence-corrected chi connectivity index (χ2v) is 6.54. The lowest BCUT2D eigenvalue weighted by Crippen LogP contribution is -2.15. The van der Waals surface area contributed by atoms with Crippen molar-refractivity contribution >= 4 is 15.9 Å². The zero-order chi connectivity index (χ0) is 14.8. The molecule has 1 aromatic heterocycles. The molecule has 2 aromatic rings. The molecule has 1 N–H and O–H groups in total. The summed E-state index contributed by atoms with van der Waals surface area (Å²) in [4.78, 5) is 0. The molecular formula is C17H22BrN3. The Labute approximate surface area is 134 Å². The third kappa shape index (κ3) is 3.38. The summed E-state index contributed by atoms with van der Waals surface area (Å²) >= 11 is 3.71. The van der Waals surface area contributed by atoms with Gasteiger partial charge < -0.3 is 5.32 Å². The van der Waals surface area contributed by atoms with Gasteiger partial charge in [0.15, 0.2) is 0 Å². The minimum Gasteiger partial charge on any atom is -0.310 e. The van der Waals surface area contributed by atoms with Crippen molar-refractivity contribution in [3.8, 4) is 5.69 Å². The summed E-state index contributed by atoms with van der Waals surface area (Å²) in [7, 11) is 0. The van der Waals surface area contributed by atoms with Crippen LogP contribution in [0, 0.1) is 0 Å². The fourth-order valence-electron chi connectivity index (χ4n) is 2.49. The van der Waals surface area contributed by atoms with Crippen LogP contribution in [0.25, 0.3) is 5.69 Å². The summed E-state index contributed by atoms with van der Waals surface area (Å²) in [6.07, 6.45) is 4.61. The standard InChI is InChI=1S/C17H22BrN3/c1-3-13-10-15(4-2)21(20-13)17-8-5-12(9-16(17)18)11-19-14-6-7-14/h5,8-10,14,19H,3-4,6-7,11H2,1-2H3. The number of aryl methyl sites for hydroxylation is 2. The Bertz CT molecular complexity index is 629. The fraction of sp³-hybridized carbons (Fsp3) is 0.471. The molecular weight excluding hydrogens is 326 g/mol. The molecule has 112 valence electrons. The van der Waals surface area contributed by atoms with E-state index in [0.29, 0.717) is 0 Å². The molecule has 0 unspecified atom stereocenters. The molecule has 0 aliphatic heterocycles. The van der Waals surface area contributed by atoms with Crippen molar-refractivity contribution in [1.82, 2.24) is 15.1 Å². The molecule has 0 saturated heterocycles. The Hall–Kier alpha value is -1.13. The summed E-state index contributed by atoms with van der Waals surface area (Å²) in [5.74, 6) is 0. The maximum atomic E-state index is 4.72. The monoisotopic (exact) mass is 347 g/mol. The van der Waals surface area contributed by atoms with Crippen LogP contribution in [0.5, 0.6) is 0 Å². The van der Waals surface area contributed by atoms with E-state index >= 15 is 0 Å². The molecule has 1 heterocycles. The van der Waals surface area contributed by atoms with Crippen LogP contribution in [0.2, 0.25) is 0 Å². The molecule has 3 rings (SSSR count). The Kier molecular flexibility index (Phi) is 4.45. The lowest BCUT2D eigenvalue weighted by atomic mass is 10.2. The zero-order valence-electron chi connectivity index (χ0n) is 12.7. The van der Waals surface area contributed by atoms with Crippen LogP contribution in [0.3, 0.4) is 0 Å². The number of hydrogen-bond donors (Lipinski definition) is 1. The van der Waals surface area contributed by atoms with Crippen molar-refractivity contribution in [1.29, 1.82) is 0 Å². The highest BCUT2D eigenvalue weighted by Gasteiger charge is 2.20. The summed E-state index contributed by atoms with van der Waals surface area (Å²) in [5.41, 5.74) is 4.86. The Morgan fingerprint density at radius 3 is 2.67 bits per heavy atom. The summed E-state index contributed by atoms with van der Waals surface area (Å²) in [6, 6.07) is 9.52. The van der Waals surface area contributed by atoms with Crippen LogP contribution in [0.15, 0.2) is 28.7 Å². The van der Waals surface area contributed by atoms with Gasteiger partial charge in [-0.3, -0.25) is 0 Å². The van der Waals surface area contributed by atoms with Crippen LogP contribution < -0.4 is 5.32 Å². The lowest BCUT2D eigenvalue weighted by molar-refractivity contribution is 0.687. The van der Waals surface area contributed by atoms with E-state index in [9.17, 15) is 0 Å². The van der Waals surface area contributed by atoms with Crippen molar-refractivity contribution in [2.75, 3.05) is 0 Å². The van der Waals surface area contributed by atoms with Gasteiger partial charge in [0, 0.05) is 22.8 Å². The fourth-order valence-corrected chi connectivity index (χ4v) is 3.08. The summed E-state index contributed by atoms with van der Waals surface area (Å²) in [6.45, 7) is 5.27. The minimum atomic E-state index is 0.744. The SMILES string of the molecule is CCc1cc(CC)n(-c2ccc(CNC3CC3)cc2Br)n1. The first-order valence-electron chi connectivity index (χ1n) is 7.81. The number of hydrogen-bond acceptors (Lipinski definition) is 2. The van der Waals surface area contributed by atoms with Crippen LogP contribution in [-0.4, -0.2) is 15.8 Å². The molecule has 1 fully saturated rings. The van der Waals surface area contributed by atoms with E-state index in [-0.39, 0.29) is 0 Å². The highest BCUT2D eigenvalue weighted by atomic mass is 79.9. The van der Waals surface area contributed by atoms with Gasteiger partial charge in [-0.2, -0.15) is 5.10 Å². The summed E-state index contributed by atoms with van der Waals surface area (Å²) < 4.78 is 3.18. The van der Waals surface area contributed by atoms with E-state index < -0.39 is 0 Å². The predicted octanol–water partition coefficient (Wildman–Crippen LogP) is 4.01.